The van der Waals surface area contributed by atoms with E-state index in [1.807, 2.05) is 4.90 Å². The number of amides is 1. The highest BCUT2D eigenvalue weighted by molar-refractivity contribution is 5.94. The molecule has 3 unspecified atom stereocenters. The third-order valence-electron chi connectivity index (χ3n) is 10.7. The van der Waals surface area contributed by atoms with Crippen molar-refractivity contribution >= 4 is 22.6 Å². The van der Waals surface area contributed by atoms with Gasteiger partial charge >= 0.3 is 6.01 Å². The van der Waals surface area contributed by atoms with Gasteiger partial charge in [-0.3, -0.25) is 9.69 Å². The lowest BCUT2D eigenvalue weighted by Crippen LogP contribution is -2.56. The second-order valence-electron chi connectivity index (χ2n) is 13.5. The fraction of sp³-hybridized carbons (Fsp3) is 0.486. The molecule has 232 valence electrons. The van der Waals surface area contributed by atoms with Gasteiger partial charge in [0.1, 0.15) is 24.6 Å². The lowest BCUT2D eigenvalue weighted by Gasteiger charge is -2.39. The van der Waals surface area contributed by atoms with E-state index >= 15 is 0 Å². The van der Waals surface area contributed by atoms with Crippen molar-refractivity contribution in [3.63, 3.8) is 0 Å². The van der Waals surface area contributed by atoms with Crippen molar-refractivity contribution in [2.24, 2.45) is 5.92 Å². The summed E-state index contributed by atoms with van der Waals surface area (Å²) < 4.78 is 34.7. The van der Waals surface area contributed by atoms with Crippen molar-refractivity contribution in [1.29, 1.82) is 0 Å². The first kappa shape index (κ1) is 28.4. The summed E-state index contributed by atoms with van der Waals surface area (Å²) in [6, 6.07) is 12.6. The predicted octanol–water partition coefficient (Wildman–Crippen LogP) is 5.33. The molecule has 1 amide bonds. The number of aromatic nitrogens is 2. The van der Waals surface area contributed by atoms with Gasteiger partial charge in [-0.15, -0.1) is 0 Å². The van der Waals surface area contributed by atoms with Gasteiger partial charge in [-0.05, 0) is 78.5 Å². The summed E-state index contributed by atoms with van der Waals surface area (Å²) in [6.07, 6.45) is 3.90. The summed E-state index contributed by atoms with van der Waals surface area (Å²) >= 11 is 0. The molecule has 1 aromatic heterocycles. The number of anilines is 1. The average molecular weight is 611 g/mol. The summed E-state index contributed by atoms with van der Waals surface area (Å²) in [5.74, 6) is 0.263. The first-order valence-corrected chi connectivity index (χ1v) is 16.0. The molecule has 2 aromatic carbocycles. The molecule has 3 aliphatic heterocycles. The fourth-order valence-electron chi connectivity index (χ4n) is 8.54. The van der Waals surface area contributed by atoms with E-state index in [-0.39, 0.29) is 24.6 Å². The number of alkyl halides is 1. The topological polar surface area (TPSA) is 66.2 Å². The maximum atomic E-state index is 14.5. The third-order valence-corrected chi connectivity index (χ3v) is 10.7. The number of hydrogen-bond acceptors (Lipinski definition) is 6. The lowest BCUT2D eigenvalue weighted by atomic mass is 9.94. The number of nitrogens with zero attached hydrogens (tertiary/aromatic N) is 6. The number of hydrogen-bond donors (Lipinski definition) is 0. The molecule has 5 atom stereocenters. The van der Waals surface area contributed by atoms with E-state index in [0.717, 1.165) is 48.2 Å². The average Bonchev–Trinajstić information content (AvgIpc) is 3.36. The number of rotatable bonds is 7. The third kappa shape index (κ3) is 4.83. The van der Waals surface area contributed by atoms with Crippen LogP contribution in [0.2, 0.25) is 0 Å². The van der Waals surface area contributed by atoms with Gasteiger partial charge in [0.2, 0.25) is 6.54 Å². The minimum Gasteiger partial charge on any atom is -0.461 e. The van der Waals surface area contributed by atoms with Crippen molar-refractivity contribution < 1.29 is 18.3 Å². The van der Waals surface area contributed by atoms with Crippen LogP contribution in [0.4, 0.5) is 14.6 Å². The molecule has 8 rings (SSSR count). The Hall–Kier alpha value is -4.10. The van der Waals surface area contributed by atoms with Crippen LogP contribution in [0.3, 0.4) is 0 Å². The summed E-state index contributed by atoms with van der Waals surface area (Å²) in [4.78, 5) is 31.5. The summed E-state index contributed by atoms with van der Waals surface area (Å²) in [5.41, 5.74) is 5.65. The number of carbonyl (C=O) groups is 1. The van der Waals surface area contributed by atoms with Crippen molar-refractivity contribution in [2.75, 3.05) is 50.8 Å². The van der Waals surface area contributed by atoms with E-state index in [1.54, 1.807) is 0 Å². The second-order valence-corrected chi connectivity index (χ2v) is 13.5. The number of benzene rings is 2. The van der Waals surface area contributed by atoms with Crippen molar-refractivity contribution in [2.45, 2.75) is 55.8 Å². The molecule has 0 bridgehead atoms. The Labute approximate surface area is 261 Å². The van der Waals surface area contributed by atoms with Crippen LogP contribution in [0.1, 0.15) is 42.7 Å². The molecule has 5 aliphatic rings. The normalized spacial score (nSPS) is 28.5. The number of carbonyl (C=O) groups excluding carboxylic acids is 1. The summed E-state index contributed by atoms with van der Waals surface area (Å²) in [7, 11) is 0. The van der Waals surface area contributed by atoms with E-state index in [0.29, 0.717) is 44.4 Å². The Morgan fingerprint density at radius 1 is 1.18 bits per heavy atom. The van der Waals surface area contributed by atoms with Gasteiger partial charge in [-0.1, -0.05) is 30.8 Å². The number of ether oxygens (including phenoxy) is 1. The first-order chi connectivity index (χ1) is 21.8. The zero-order valence-electron chi connectivity index (χ0n) is 25.2. The van der Waals surface area contributed by atoms with Crippen LogP contribution in [0.15, 0.2) is 48.8 Å². The maximum absolute atomic E-state index is 14.5. The van der Waals surface area contributed by atoms with Crippen LogP contribution >= 0.6 is 0 Å². The smallest absolute Gasteiger partial charge is 0.319 e. The van der Waals surface area contributed by atoms with E-state index in [9.17, 15) is 13.6 Å². The largest absolute Gasteiger partial charge is 0.461 e. The molecule has 10 heteroatoms. The zero-order valence-corrected chi connectivity index (χ0v) is 25.2. The van der Waals surface area contributed by atoms with E-state index < -0.39 is 23.9 Å². The SMILES string of the molecule is [C-]#[N+]C[C@H]1CN(c2nc(OCC34CCCN3C[C@H](F)C4)nc3cc(-c4cccc5c4C4CC4C5)ccc23)CCN1C(=O)C(=C)F. The highest BCUT2D eigenvalue weighted by Crippen LogP contribution is 2.58. The quantitative estimate of drug-likeness (QED) is 0.266. The minimum atomic E-state index is -1.03. The van der Waals surface area contributed by atoms with Crippen molar-refractivity contribution in [1.82, 2.24) is 19.8 Å². The maximum Gasteiger partial charge on any atom is 0.319 e. The number of fused-ring (bicyclic) bond motifs is 5. The molecule has 4 heterocycles. The fourth-order valence-corrected chi connectivity index (χ4v) is 8.54. The predicted molar refractivity (Wildman–Crippen MR) is 168 cm³/mol. The molecule has 3 saturated heterocycles. The standard InChI is InChI=1S/C35H36F2N6O2/c1-21(36)33(44)43-12-11-41(19-26(43)17-38-2)32-28-8-7-22(27-6-3-5-23-13-24-14-29(24)31(23)27)15-30(28)39-34(40-32)45-20-35-9-4-10-42(35)18-25(37)16-35/h3,5-8,15,24-26,29H,1,4,9-14,16-20H2/t24?,25-,26+,29?,35?/m1/s1. The van der Waals surface area contributed by atoms with Crippen molar-refractivity contribution in [3.8, 4) is 17.1 Å². The number of halogens is 2. The van der Waals surface area contributed by atoms with E-state index in [1.165, 1.54) is 28.0 Å². The second kappa shape index (κ2) is 10.8. The molecule has 8 nitrogen and oxygen atoms in total. The Balaban J connectivity index is 1.17. The summed E-state index contributed by atoms with van der Waals surface area (Å²) in [5, 5.41) is 0.838. The molecule has 0 spiro atoms. The molecule has 0 N–H and O–H groups in total. The molecule has 0 radical (unpaired) electrons. The lowest BCUT2D eigenvalue weighted by molar-refractivity contribution is -0.131. The first-order valence-electron chi connectivity index (χ1n) is 16.0. The highest BCUT2D eigenvalue weighted by Gasteiger charge is 2.49. The Kier molecular flexibility index (Phi) is 6.79. The molecule has 45 heavy (non-hydrogen) atoms. The molecule has 4 fully saturated rings. The molecule has 2 aliphatic carbocycles. The van der Waals surface area contributed by atoms with Crippen LogP contribution in [-0.4, -0.2) is 89.3 Å². The van der Waals surface area contributed by atoms with Crippen LogP contribution in [0, 0.1) is 12.5 Å². The van der Waals surface area contributed by atoms with Gasteiger partial charge in [-0.25, -0.2) is 15.4 Å². The Morgan fingerprint density at radius 3 is 2.91 bits per heavy atom. The Morgan fingerprint density at radius 2 is 2.07 bits per heavy atom. The highest BCUT2D eigenvalue weighted by atomic mass is 19.1. The van der Waals surface area contributed by atoms with Gasteiger partial charge in [-0.2, -0.15) is 9.97 Å². The van der Waals surface area contributed by atoms with Gasteiger partial charge in [0, 0.05) is 38.0 Å². The van der Waals surface area contributed by atoms with E-state index in [2.05, 4.69) is 52.7 Å². The number of piperazine rings is 1. The zero-order chi connectivity index (χ0) is 30.9. The van der Waals surface area contributed by atoms with Crippen LogP contribution in [-0.2, 0) is 11.2 Å². The van der Waals surface area contributed by atoms with Gasteiger partial charge in [0.25, 0.3) is 5.91 Å². The molecule has 1 saturated carbocycles. The molecule has 3 aromatic rings. The Bertz CT molecular complexity index is 1760. The van der Waals surface area contributed by atoms with Crippen LogP contribution in [0.5, 0.6) is 6.01 Å². The van der Waals surface area contributed by atoms with Crippen molar-refractivity contribution in [3.05, 3.63) is 71.3 Å². The molecular weight excluding hydrogens is 574 g/mol. The van der Waals surface area contributed by atoms with Crippen LogP contribution < -0.4 is 9.64 Å². The van der Waals surface area contributed by atoms with Crippen LogP contribution in [0.25, 0.3) is 26.9 Å². The van der Waals surface area contributed by atoms with E-state index in [4.69, 9.17) is 21.3 Å². The van der Waals surface area contributed by atoms with Gasteiger partial charge in [0.05, 0.1) is 11.1 Å². The van der Waals surface area contributed by atoms with Gasteiger partial charge in [0.15, 0.2) is 5.83 Å². The monoisotopic (exact) mass is 610 g/mol. The minimum absolute atomic E-state index is 0.0378. The molecular formula is C35H36F2N6O2. The summed E-state index contributed by atoms with van der Waals surface area (Å²) in [6.45, 7) is 13.3. The van der Waals surface area contributed by atoms with Gasteiger partial charge < -0.3 is 19.4 Å².